The number of nitrogens with zero attached hydrogens (tertiary/aromatic N) is 3. The van der Waals surface area contributed by atoms with Crippen molar-refractivity contribution in [2.45, 2.75) is 19.9 Å². The standard InChI is InChI=1S/C16H24N4S/c1-3-19-7-9-20(10-8-19)13(2)12-18-14-4-6-17-15-5-11-21-16(14)15/h4-6,11,13H,3,7-10,12H2,1-2H3,(H,17,18)/t13-/m0/s1. The highest BCUT2D eigenvalue weighted by atomic mass is 32.1. The number of fused-ring (bicyclic) bond motifs is 1. The Labute approximate surface area is 130 Å². The van der Waals surface area contributed by atoms with Gasteiger partial charge in [0.25, 0.3) is 0 Å². The van der Waals surface area contributed by atoms with Gasteiger partial charge in [-0.2, -0.15) is 0 Å². The summed E-state index contributed by atoms with van der Waals surface area (Å²) in [6.07, 6.45) is 1.89. The number of hydrogen-bond acceptors (Lipinski definition) is 5. The Morgan fingerprint density at radius 3 is 2.86 bits per heavy atom. The van der Waals surface area contributed by atoms with E-state index in [0.717, 1.165) is 12.1 Å². The zero-order chi connectivity index (χ0) is 14.7. The number of thiophene rings is 1. The van der Waals surface area contributed by atoms with Crippen molar-refractivity contribution >= 4 is 27.2 Å². The normalized spacial score (nSPS) is 19.0. The predicted molar refractivity (Wildman–Crippen MR) is 91.3 cm³/mol. The van der Waals surface area contributed by atoms with Gasteiger partial charge in [-0.3, -0.25) is 9.88 Å². The quantitative estimate of drug-likeness (QED) is 0.920. The lowest BCUT2D eigenvalue weighted by Crippen LogP contribution is -2.50. The van der Waals surface area contributed by atoms with Crippen LogP contribution in [-0.4, -0.2) is 60.1 Å². The highest BCUT2D eigenvalue weighted by Crippen LogP contribution is 2.26. The Morgan fingerprint density at radius 2 is 2.10 bits per heavy atom. The molecule has 0 amide bonds. The van der Waals surface area contributed by atoms with Crippen molar-refractivity contribution in [2.75, 3.05) is 44.6 Å². The first-order chi connectivity index (χ1) is 10.3. The monoisotopic (exact) mass is 304 g/mol. The third-order valence-electron chi connectivity index (χ3n) is 4.41. The van der Waals surface area contributed by atoms with Crippen LogP contribution in [0.25, 0.3) is 10.2 Å². The van der Waals surface area contributed by atoms with E-state index < -0.39 is 0 Å². The number of rotatable bonds is 5. The molecule has 0 aromatic carbocycles. The van der Waals surface area contributed by atoms with Crippen LogP contribution in [0, 0.1) is 0 Å². The fourth-order valence-corrected chi connectivity index (χ4v) is 3.76. The number of aromatic nitrogens is 1. The SMILES string of the molecule is CCN1CCN([C@@H](C)CNc2ccnc3ccsc23)CC1. The number of likely N-dealkylation sites (N-methyl/N-ethyl adjacent to an activating group) is 1. The molecular formula is C16H24N4S. The maximum absolute atomic E-state index is 4.39. The average molecular weight is 304 g/mol. The molecule has 2 aromatic rings. The summed E-state index contributed by atoms with van der Waals surface area (Å²) in [7, 11) is 0. The van der Waals surface area contributed by atoms with Crippen molar-refractivity contribution in [3.05, 3.63) is 23.7 Å². The topological polar surface area (TPSA) is 31.4 Å². The lowest BCUT2D eigenvalue weighted by Gasteiger charge is -2.37. The summed E-state index contributed by atoms with van der Waals surface area (Å²) in [6.45, 7) is 11.5. The Bertz CT molecular complexity index is 574. The van der Waals surface area contributed by atoms with Gasteiger partial charge in [0.05, 0.1) is 15.9 Å². The van der Waals surface area contributed by atoms with E-state index in [-0.39, 0.29) is 0 Å². The molecule has 3 heterocycles. The van der Waals surface area contributed by atoms with Crippen LogP contribution < -0.4 is 5.32 Å². The minimum Gasteiger partial charge on any atom is -0.382 e. The predicted octanol–water partition coefficient (Wildman–Crippen LogP) is 2.73. The molecular weight excluding hydrogens is 280 g/mol. The van der Waals surface area contributed by atoms with Gasteiger partial charge in [0.1, 0.15) is 0 Å². The zero-order valence-corrected chi connectivity index (χ0v) is 13.7. The second-order valence-corrected chi connectivity index (χ2v) is 6.61. The number of anilines is 1. The van der Waals surface area contributed by atoms with E-state index in [9.17, 15) is 0 Å². The number of piperazine rings is 1. The zero-order valence-electron chi connectivity index (χ0n) is 12.9. The van der Waals surface area contributed by atoms with Crippen LogP contribution in [0.2, 0.25) is 0 Å². The summed E-state index contributed by atoms with van der Waals surface area (Å²) < 4.78 is 1.26. The van der Waals surface area contributed by atoms with Gasteiger partial charge in [0.2, 0.25) is 0 Å². The Hall–Kier alpha value is -1.17. The third-order valence-corrected chi connectivity index (χ3v) is 5.35. The van der Waals surface area contributed by atoms with Crippen LogP contribution >= 0.6 is 11.3 Å². The molecule has 0 unspecified atom stereocenters. The fourth-order valence-electron chi connectivity index (χ4n) is 2.92. The van der Waals surface area contributed by atoms with Crippen molar-refractivity contribution < 1.29 is 0 Å². The van der Waals surface area contributed by atoms with Crippen molar-refractivity contribution in [3.8, 4) is 0 Å². The van der Waals surface area contributed by atoms with Crippen molar-refractivity contribution in [1.82, 2.24) is 14.8 Å². The van der Waals surface area contributed by atoms with Gasteiger partial charge >= 0.3 is 0 Å². The van der Waals surface area contributed by atoms with Gasteiger partial charge in [0, 0.05) is 45.0 Å². The van der Waals surface area contributed by atoms with Crippen molar-refractivity contribution in [1.29, 1.82) is 0 Å². The van der Waals surface area contributed by atoms with E-state index in [2.05, 4.69) is 51.5 Å². The molecule has 21 heavy (non-hydrogen) atoms. The molecule has 114 valence electrons. The van der Waals surface area contributed by atoms with Crippen LogP contribution in [-0.2, 0) is 0 Å². The highest BCUT2D eigenvalue weighted by molar-refractivity contribution is 7.17. The fraction of sp³-hybridized carbons (Fsp3) is 0.562. The van der Waals surface area contributed by atoms with Gasteiger partial charge in [0.15, 0.2) is 0 Å². The summed E-state index contributed by atoms with van der Waals surface area (Å²) in [5, 5.41) is 5.72. The first kappa shape index (κ1) is 14.8. The second kappa shape index (κ2) is 6.73. The van der Waals surface area contributed by atoms with E-state index in [4.69, 9.17) is 0 Å². The molecule has 1 saturated heterocycles. The van der Waals surface area contributed by atoms with Crippen molar-refractivity contribution in [3.63, 3.8) is 0 Å². The lowest BCUT2D eigenvalue weighted by atomic mass is 10.2. The van der Waals surface area contributed by atoms with E-state index >= 15 is 0 Å². The van der Waals surface area contributed by atoms with Crippen LogP contribution in [0.15, 0.2) is 23.7 Å². The first-order valence-electron chi connectivity index (χ1n) is 7.80. The molecule has 2 aromatic heterocycles. The van der Waals surface area contributed by atoms with Gasteiger partial charge in [-0.25, -0.2) is 0 Å². The lowest BCUT2D eigenvalue weighted by molar-refractivity contribution is 0.110. The molecule has 0 radical (unpaired) electrons. The van der Waals surface area contributed by atoms with Crippen LogP contribution in [0.4, 0.5) is 5.69 Å². The van der Waals surface area contributed by atoms with Gasteiger partial charge in [-0.05, 0) is 31.0 Å². The Balaban J connectivity index is 1.56. The van der Waals surface area contributed by atoms with E-state index in [0.29, 0.717) is 6.04 Å². The third kappa shape index (κ3) is 3.36. The molecule has 1 N–H and O–H groups in total. The second-order valence-electron chi connectivity index (χ2n) is 5.69. The van der Waals surface area contributed by atoms with Gasteiger partial charge in [-0.1, -0.05) is 6.92 Å². The number of nitrogens with one attached hydrogen (secondary N) is 1. The summed E-state index contributed by atoms with van der Waals surface area (Å²) in [5.74, 6) is 0. The van der Waals surface area contributed by atoms with Gasteiger partial charge < -0.3 is 10.2 Å². The summed E-state index contributed by atoms with van der Waals surface area (Å²) in [4.78, 5) is 9.50. The molecule has 0 spiro atoms. The average Bonchev–Trinajstić information content (AvgIpc) is 3.02. The summed E-state index contributed by atoms with van der Waals surface area (Å²) >= 11 is 1.76. The molecule has 0 bridgehead atoms. The van der Waals surface area contributed by atoms with Crippen LogP contribution in [0.1, 0.15) is 13.8 Å². The summed E-state index contributed by atoms with van der Waals surface area (Å²) in [5.41, 5.74) is 2.31. The van der Waals surface area contributed by atoms with E-state index in [1.54, 1.807) is 11.3 Å². The molecule has 3 rings (SSSR count). The van der Waals surface area contributed by atoms with E-state index in [1.165, 1.54) is 43.1 Å². The molecule has 4 nitrogen and oxygen atoms in total. The summed E-state index contributed by atoms with van der Waals surface area (Å²) in [6, 6.07) is 4.73. The Kier molecular flexibility index (Phi) is 4.73. The molecule has 0 aliphatic carbocycles. The minimum atomic E-state index is 0.562. The van der Waals surface area contributed by atoms with Crippen LogP contribution in [0.5, 0.6) is 0 Å². The largest absolute Gasteiger partial charge is 0.382 e. The maximum atomic E-state index is 4.39. The van der Waals surface area contributed by atoms with Crippen LogP contribution in [0.3, 0.4) is 0 Å². The Morgan fingerprint density at radius 1 is 1.29 bits per heavy atom. The van der Waals surface area contributed by atoms with Gasteiger partial charge in [-0.15, -0.1) is 11.3 Å². The molecule has 5 heteroatoms. The number of pyridine rings is 1. The first-order valence-corrected chi connectivity index (χ1v) is 8.68. The number of hydrogen-bond donors (Lipinski definition) is 1. The molecule has 1 fully saturated rings. The highest BCUT2D eigenvalue weighted by Gasteiger charge is 2.20. The molecule has 0 saturated carbocycles. The molecule has 1 aliphatic rings. The smallest absolute Gasteiger partial charge is 0.0830 e. The molecule has 1 aliphatic heterocycles. The molecule has 1 atom stereocenters. The minimum absolute atomic E-state index is 0.562. The van der Waals surface area contributed by atoms with E-state index in [1.807, 2.05) is 6.20 Å². The maximum Gasteiger partial charge on any atom is 0.0830 e. The van der Waals surface area contributed by atoms with Crippen molar-refractivity contribution in [2.24, 2.45) is 0 Å².